The van der Waals surface area contributed by atoms with Gasteiger partial charge in [0.05, 0.1) is 6.61 Å². The van der Waals surface area contributed by atoms with Crippen LogP contribution >= 0.6 is 11.6 Å². The zero-order chi connectivity index (χ0) is 9.80. The fourth-order valence-electron chi connectivity index (χ4n) is 1.58. The molecule has 1 aromatic heterocycles. The summed E-state index contributed by atoms with van der Waals surface area (Å²) >= 11 is 5.78. The molecule has 2 rings (SSSR count). The first-order valence-electron chi connectivity index (χ1n) is 4.80. The Morgan fingerprint density at radius 1 is 1.57 bits per heavy atom. The summed E-state index contributed by atoms with van der Waals surface area (Å²) in [4.78, 5) is 3.93. The van der Waals surface area contributed by atoms with Crippen molar-refractivity contribution >= 4 is 17.3 Å². The number of aromatic nitrogens is 1. The summed E-state index contributed by atoms with van der Waals surface area (Å²) in [5.41, 5.74) is 1.01. The Labute approximate surface area is 88.4 Å². The Balaban J connectivity index is 1.95. The molecule has 0 saturated carbocycles. The number of hydrogen-bond donors (Lipinski definition) is 1. The normalized spacial score (nSPS) is 21.9. The summed E-state index contributed by atoms with van der Waals surface area (Å²) in [5, 5.41) is 3.89. The van der Waals surface area contributed by atoms with E-state index in [1.165, 1.54) is 0 Å². The number of hydrogen-bond acceptors (Lipinski definition) is 3. The summed E-state index contributed by atoms with van der Waals surface area (Å²) in [5.74, 6) is 0. The number of nitrogens with zero attached hydrogens (tertiary/aromatic N) is 1. The van der Waals surface area contributed by atoms with Crippen LogP contribution in [0.4, 0.5) is 5.69 Å². The van der Waals surface area contributed by atoms with Gasteiger partial charge in [-0.3, -0.25) is 0 Å². The van der Waals surface area contributed by atoms with Crippen LogP contribution in [0.1, 0.15) is 12.8 Å². The van der Waals surface area contributed by atoms with E-state index in [0.29, 0.717) is 11.2 Å². The molecule has 1 unspecified atom stereocenters. The molecule has 0 amide bonds. The number of ether oxygens (including phenoxy) is 1. The first kappa shape index (κ1) is 9.74. The molecule has 76 valence electrons. The zero-order valence-electron chi connectivity index (χ0n) is 7.87. The van der Waals surface area contributed by atoms with Gasteiger partial charge in [0.2, 0.25) is 0 Å². The number of halogens is 1. The number of rotatable bonds is 2. The smallest absolute Gasteiger partial charge is 0.131 e. The van der Waals surface area contributed by atoms with Crippen LogP contribution in [0.25, 0.3) is 0 Å². The minimum Gasteiger partial charge on any atom is -0.380 e. The number of pyridine rings is 1. The monoisotopic (exact) mass is 212 g/mol. The van der Waals surface area contributed by atoms with Crippen LogP contribution in [0, 0.1) is 0 Å². The average molecular weight is 213 g/mol. The predicted molar refractivity (Wildman–Crippen MR) is 56.7 cm³/mol. The van der Waals surface area contributed by atoms with Gasteiger partial charge in [-0.2, -0.15) is 0 Å². The lowest BCUT2D eigenvalue weighted by Crippen LogP contribution is -2.29. The van der Waals surface area contributed by atoms with Gasteiger partial charge >= 0.3 is 0 Å². The zero-order valence-corrected chi connectivity index (χ0v) is 8.63. The fraction of sp³-hybridized carbons (Fsp3) is 0.500. The molecule has 1 aromatic rings. The molecular weight excluding hydrogens is 200 g/mol. The molecule has 0 aromatic carbocycles. The SMILES string of the molecule is Clc1cc(NC2CCCOC2)ccn1. The van der Waals surface area contributed by atoms with E-state index < -0.39 is 0 Å². The van der Waals surface area contributed by atoms with E-state index in [-0.39, 0.29) is 0 Å². The molecule has 1 atom stereocenters. The van der Waals surface area contributed by atoms with Crippen molar-refractivity contribution in [3.05, 3.63) is 23.5 Å². The summed E-state index contributed by atoms with van der Waals surface area (Å²) in [6.07, 6.45) is 3.98. The van der Waals surface area contributed by atoms with Crippen LogP contribution in [-0.2, 0) is 4.74 Å². The fourth-order valence-corrected chi connectivity index (χ4v) is 1.76. The highest BCUT2D eigenvalue weighted by Gasteiger charge is 2.13. The average Bonchev–Trinajstić information content (AvgIpc) is 2.19. The van der Waals surface area contributed by atoms with Crippen molar-refractivity contribution in [3.63, 3.8) is 0 Å². The first-order chi connectivity index (χ1) is 6.84. The predicted octanol–water partition coefficient (Wildman–Crippen LogP) is 2.33. The Morgan fingerprint density at radius 2 is 2.50 bits per heavy atom. The van der Waals surface area contributed by atoms with Gasteiger partial charge in [0.25, 0.3) is 0 Å². The molecule has 0 bridgehead atoms. The lowest BCUT2D eigenvalue weighted by atomic mass is 10.1. The molecule has 3 nitrogen and oxygen atoms in total. The third-order valence-corrected chi connectivity index (χ3v) is 2.46. The van der Waals surface area contributed by atoms with Crippen molar-refractivity contribution < 1.29 is 4.74 Å². The molecule has 1 aliphatic heterocycles. The molecule has 1 fully saturated rings. The van der Waals surface area contributed by atoms with Gasteiger partial charge < -0.3 is 10.1 Å². The highest BCUT2D eigenvalue weighted by atomic mass is 35.5. The minimum absolute atomic E-state index is 0.405. The topological polar surface area (TPSA) is 34.1 Å². The van der Waals surface area contributed by atoms with Gasteiger partial charge in [0.15, 0.2) is 0 Å². The van der Waals surface area contributed by atoms with E-state index in [0.717, 1.165) is 31.7 Å². The second-order valence-corrected chi connectivity index (χ2v) is 3.81. The van der Waals surface area contributed by atoms with Crippen molar-refractivity contribution in [2.24, 2.45) is 0 Å². The van der Waals surface area contributed by atoms with Crippen LogP contribution in [0.15, 0.2) is 18.3 Å². The van der Waals surface area contributed by atoms with E-state index in [9.17, 15) is 0 Å². The van der Waals surface area contributed by atoms with E-state index >= 15 is 0 Å². The molecule has 1 aliphatic rings. The van der Waals surface area contributed by atoms with Crippen LogP contribution < -0.4 is 5.32 Å². The molecular formula is C10H13ClN2O. The molecule has 0 radical (unpaired) electrons. The maximum Gasteiger partial charge on any atom is 0.131 e. The number of nitrogens with one attached hydrogen (secondary N) is 1. The third kappa shape index (κ3) is 2.59. The van der Waals surface area contributed by atoms with Gasteiger partial charge in [0, 0.05) is 24.5 Å². The quantitative estimate of drug-likeness (QED) is 0.765. The molecule has 0 aliphatic carbocycles. The van der Waals surface area contributed by atoms with Crippen molar-refractivity contribution in [3.8, 4) is 0 Å². The molecule has 4 heteroatoms. The summed E-state index contributed by atoms with van der Waals surface area (Å²) in [6.45, 7) is 1.66. The highest BCUT2D eigenvalue weighted by Crippen LogP contribution is 2.16. The lowest BCUT2D eigenvalue weighted by molar-refractivity contribution is 0.0876. The van der Waals surface area contributed by atoms with Crippen LogP contribution in [-0.4, -0.2) is 24.2 Å². The van der Waals surface area contributed by atoms with Crippen LogP contribution in [0.2, 0.25) is 5.15 Å². The van der Waals surface area contributed by atoms with Crippen LogP contribution in [0.5, 0.6) is 0 Å². The van der Waals surface area contributed by atoms with E-state index in [1.807, 2.05) is 12.1 Å². The van der Waals surface area contributed by atoms with Crippen molar-refractivity contribution in [1.82, 2.24) is 4.98 Å². The summed E-state index contributed by atoms with van der Waals surface area (Å²) in [6, 6.07) is 4.15. The Kier molecular flexibility index (Phi) is 3.22. The second-order valence-electron chi connectivity index (χ2n) is 3.43. The van der Waals surface area contributed by atoms with Crippen molar-refractivity contribution in [2.45, 2.75) is 18.9 Å². The Hall–Kier alpha value is -0.800. The molecule has 14 heavy (non-hydrogen) atoms. The summed E-state index contributed by atoms with van der Waals surface area (Å²) < 4.78 is 5.37. The maximum atomic E-state index is 5.78. The Morgan fingerprint density at radius 3 is 3.21 bits per heavy atom. The number of anilines is 1. The molecule has 2 heterocycles. The van der Waals surface area contributed by atoms with Crippen LogP contribution in [0.3, 0.4) is 0 Å². The second kappa shape index (κ2) is 4.62. The largest absolute Gasteiger partial charge is 0.380 e. The molecule has 0 spiro atoms. The van der Waals surface area contributed by atoms with Gasteiger partial charge in [-0.15, -0.1) is 0 Å². The maximum absolute atomic E-state index is 5.78. The van der Waals surface area contributed by atoms with Crippen molar-refractivity contribution in [2.75, 3.05) is 18.5 Å². The van der Waals surface area contributed by atoms with Gasteiger partial charge in [-0.05, 0) is 25.0 Å². The van der Waals surface area contributed by atoms with Gasteiger partial charge in [0.1, 0.15) is 5.15 Å². The highest BCUT2D eigenvalue weighted by molar-refractivity contribution is 6.29. The van der Waals surface area contributed by atoms with E-state index in [4.69, 9.17) is 16.3 Å². The summed E-state index contributed by atoms with van der Waals surface area (Å²) in [7, 11) is 0. The van der Waals surface area contributed by atoms with Gasteiger partial charge in [-0.25, -0.2) is 4.98 Å². The van der Waals surface area contributed by atoms with E-state index in [2.05, 4.69) is 10.3 Å². The van der Waals surface area contributed by atoms with Crippen molar-refractivity contribution in [1.29, 1.82) is 0 Å². The standard InChI is InChI=1S/C10H13ClN2O/c11-10-6-8(3-4-12-10)13-9-2-1-5-14-7-9/h3-4,6,9H,1-2,5,7H2,(H,12,13). The minimum atomic E-state index is 0.405. The molecule has 1 saturated heterocycles. The molecule has 1 N–H and O–H groups in total. The third-order valence-electron chi connectivity index (χ3n) is 2.26. The van der Waals surface area contributed by atoms with E-state index in [1.54, 1.807) is 6.20 Å². The lowest BCUT2D eigenvalue weighted by Gasteiger charge is -2.24. The van der Waals surface area contributed by atoms with Gasteiger partial charge in [-0.1, -0.05) is 11.6 Å². The Bertz CT molecular complexity index is 300. The first-order valence-corrected chi connectivity index (χ1v) is 5.18.